The van der Waals surface area contributed by atoms with Gasteiger partial charge in [0.2, 0.25) is 3.57 Å². The first-order valence-electron chi connectivity index (χ1n) is 6.52. The van der Waals surface area contributed by atoms with Gasteiger partial charge in [-0.25, -0.2) is 0 Å². The molecule has 0 aliphatic heterocycles. The zero-order valence-electron chi connectivity index (χ0n) is 10.7. The van der Waals surface area contributed by atoms with Crippen LogP contribution < -0.4 is 21.2 Å². The van der Waals surface area contributed by atoms with E-state index in [9.17, 15) is 0 Å². The van der Waals surface area contributed by atoms with Crippen molar-refractivity contribution in [1.82, 2.24) is 0 Å². The maximum absolute atomic E-state index is 6.08. The van der Waals surface area contributed by atoms with Crippen LogP contribution in [-0.4, -0.2) is 0 Å². The molecule has 0 saturated heterocycles. The highest BCUT2D eigenvalue weighted by Gasteiger charge is 2.22. The summed E-state index contributed by atoms with van der Waals surface area (Å²) in [6, 6.07) is 25.4. The van der Waals surface area contributed by atoms with Gasteiger partial charge in [-0.2, -0.15) is 0 Å². The molecule has 0 unspecified atom stereocenters. The summed E-state index contributed by atoms with van der Waals surface area (Å²) in [5.41, 5.74) is 2.04. The van der Waals surface area contributed by atoms with Crippen LogP contribution in [0.1, 0.15) is 0 Å². The van der Waals surface area contributed by atoms with E-state index < -0.39 is 0 Å². The van der Waals surface area contributed by atoms with Crippen molar-refractivity contribution in [1.29, 1.82) is 0 Å². The van der Waals surface area contributed by atoms with Crippen LogP contribution in [0.3, 0.4) is 0 Å². The van der Waals surface area contributed by atoms with Crippen LogP contribution in [-0.2, 0) is 0 Å². The van der Waals surface area contributed by atoms with Gasteiger partial charge in [0.25, 0.3) is 0 Å². The second-order valence-electron chi connectivity index (χ2n) is 4.60. The summed E-state index contributed by atoms with van der Waals surface area (Å²) in [7, 11) is 0. The number of benzene rings is 3. The molecule has 0 aliphatic carbocycles. The molecule has 0 aliphatic rings. The number of hydrogen-bond acceptors (Lipinski definition) is 1. The molecule has 2 heteroatoms. The van der Waals surface area contributed by atoms with E-state index >= 15 is 0 Å². The van der Waals surface area contributed by atoms with Crippen molar-refractivity contribution in [2.24, 2.45) is 0 Å². The summed E-state index contributed by atoms with van der Waals surface area (Å²) >= 11 is -0.205. The molecule has 0 fully saturated rings. The Bertz CT molecular complexity index is 878. The summed E-state index contributed by atoms with van der Waals surface area (Å²) in [5.74, 6) is 0. The maximum atomic E-state index is 6.08. The van der Waals surface area contributed by atoms with E-state index in [1.165, 1.54) is 17.9 Å². The van der Waals surface area contributed by atoms with Gasteiger partial charge in [0.05, 0.1) is 0 Å². The van der Waals surface area contributed by atoms with Gasteiger partial charge in [0.1, 0.15) is 5.58 Å². The normalized spacial score (nSPS) is 11.2. The summed E-state index contributed by atoms with van der Waals surface area (Å²) in [6.07, 6.45) is 0. The van der Waals surface area contributed by atoms with Gasteiger partial charge in [-0.15, -0.1) is 0 Å². The molecule has 1 heterocycles. The van der Waals surface area contributed by atoms with Gasteiger partial charge in [-0.1, -0.05) is 48.5 Å². The monoisotopic (exact) mass is 371 g/mol. The predicted octanol–water partition coefficient (Wildman–Crippen LogP) is 1.71. The number of para-hydroxylation sites is 2. The van der Waals surface area contributed by atoms with Crippen molar-refractivity contribution < 1.29 is 25.6 Å². The molecule has 0 radical (unpaired) electrons. The second kappa shape index (κ2) is 4.94. The Balaban J connectivity index is 1.91. The Labute approximate surface area is 127 Å². The van der Waals surface area contributed by atoms with Crippen molar-refractivity contribution in [3.63, 3.8) is 0 Å². The highest BCUT2D eigenvalue weighted by Crippen LogP contribution is 2.27. The molecule has 4 aromatic rings. The average Bonchev–Trinajstić information content (AvgIpc) is 2.88. The summed E-state index contributed by atoms with van der Waals surface area (Å²) in [6.45, 7) is 0. The fourth-order valence-electron chi connectivity index (χ4n) is 2.38. The molecule has 0 N–H and O–H groups in total. The van der Waals surface area contributed by atoms with Crippen molar-refractivity contribution in [3.05, 3.63) is 79.9 Å². The first-order chi connectivity index (χ1) is 9.92. The summed E-state index contributed by atoms with van der Waals surface area (Å²) < 4.78 is 8.85. The van der Waals surface area contributed by atoms with E-state index in [-0.39, 0.29) is 21.2 Å². The number of rotatable bonds is 2. The van der Waals surface area contributed by atoms with E-state index in [1.807, 2.05) is 12.1 Å². The van der Waals surface area contributed by atoms with Gasteiger partial charge in [0.15, 0.2) is 9.15 Å². The van der Waals surface area contributed by atoms with Crippen molar-refractivity contribution >= 4 is 21.9 Å². The van der Waals surface area contributed by atoms with Crippen LogP contribution in [0.2, 0.25) is 0 Å². The minimum atomic E-state index is -0.205. The SMILES string of the molecule is c1ccc([I+]c2cccc3c2oc2ccccc23)cc1. The number of hydrogen-bond donors (Lipinski definition) is 0. The first kappa shape index (κ1) is 12.0. The molecule has 0 amide bonds. The zero-order chi connectivity index (χ0) is 13.4. The van der Waals surface area contributed by atoms with E-state index in [2.05, 4.69) is 60.7 Å². The third-order valence-electron chi connectivity index (χ3n) is 3.30. The lowest BCUT2D eigenvalue weighted by molar-refractivity contribution is -0.595. The van der Waals surface area contributed by atoms with Crippen LogP contribution in [0.4, 0.5) is 0 Å². The predicted molar refractivity (Wildman–Crippen MR) is 77.6 cm³/mol. The van der Waals surface area contributed by atoms with Crippen LogP contribution in [0, 0.1) is 7.14 Å². The van der Waals surface area contributed by atoms with Crippen LogP contribution >= 0.6 is 0 Å². The van der Waals surface area contributed by atoms with Crippen molar-refractivity contribution in [2.45, 2.75) is 0 Å². The van der Waals surface area contributed by atoms with E-state index in [0.717, 1.165) is 11.2 Å². The lowest BCUT2D eigenvalue weighted by Crippen LogP contribution is -3.61. The smallest absolute Gasteiger partial charge is 0.362 e. The molecule has 0 spiro atoms. The van der Waals surface area contributed by atoms with Crippen LogP contribution in [0.5, 0.6) is 0 Å². The minimum absolute atomic E-state index is 0.205. The third-order valence-corrected chi connectivity index (χ3v) is 6.07. The van der Waals surface area contributed by atoms with Crippen LogP contribution in [0.25, 0.3) is 21.9 Å². The molecule has 3 aromatic carbocycles. The Morgan fingerprint density at radius 3 is 2.30 bits per heavy atom. The zero-order valence-corrected chi connectivity index (χ0v) is 12.9. The highest BCUT2D eigenvalue weighted by atomic mass is 127. The molecule has 0 bridgehead atoms. The van der Waals surface area contributed by atoms with Crippen molar-refractivity contribution in [2.75, 3.05) is 0 Å². The summed E-state index contributed by atoms with van der Waals surface area (Å²) in [4.78, 5) is 0. The van der Waals surface area contributed by atoms with E-state index in [4.69, 9.17) is 4.42 Å². The largest absolute Gasteiger partial charge is 0.451 e. The van der Waals surface area contributed by atoms with Gasteiger partial charge < -0.3 is 4.42 Å². The maximum Gasteiger partial charge on any atom is 0.362 e. The lowest BCUT2D eigenvalue weighted by Gasteiger charge is -1.89. The molecule has 1 aromatic heterocycles. The standard InChI is InChI=1S/C18H12IO/c1-2-7-13(8-3-1)19-16-11-6-10-15-14-9-4-5-12-17(14)20-18(15)16/h1-12H/q+1. The van der Waals surface area contributed by atoms with Gasteiger partial charge >= 0.3 is 21.2 Å². The van der Waals surface area contributed by atoms with Gasteiger partial charge in [-0.05, 0) is 24.3 Å². The molecule has 20 heavy (non-hydrogen) atoms. The average molecular weight is 371 g/mol. The number of fused-ring (bicyclic) bond motifs is 3. The molecule has 0 saturated carbocycles. The van der Waals surface area contributed by atoms with Crippen LogP contribution in [0.15, 0.2) is 77.2 Å². The Kier molecular flexibility index (Phi) is 2.96. The number of furan rings is 1. The molecule has 96 valence electrons. The van der Waals surface area contributed by atoms with Gasteiger partial charge in [0, 0.05) is 10.8 Å². The summed E-state index contributed by atoms with van der Waals surface area (Å²) in [5, 5.41) is 2.44. The Morgan fingerprint density at radius 2 is 1.40 bits per heavy atom. The Hall–Kier alpha value is -1.81. The quantitative estimate of drug-likeness (QED) is 0.489. The molecular weight excluding hydrogens is 359 g/mol. The van der Waals surface area contributed by atoms with Crippen molar-refractivity contribution in [3.8, 4) is 0 Å². The fraction of sp³-hybridized carbons (Fsp3) is 0. The van der Waals surface area contributed by atoms with E-state index in [1.54, 1.807) is 0 Å². The van der Waals surface area contributed by atoms with E-state index in [0.29, 0.717) is 0 Å². The minimum Gasteiger partial charge on any atom is -0.451 e. The molecular formula is C18H12IO+. The molecule has 1 nitrogen and oxygen atoms in total. The topological polar surface area (TPSA) is 13.1 Å². The Morgan fingerprint density at radius 1 is 0.650 bits per heavy atom. The molecule has 0 atom stereocenters. The third kappa shape index (κ3) is 2.00. The first-order valence-corrected chi connectivity index (χ1v) is 8.68. The lowest BCUT2D eigenvalue weighted by atomic mass is 10.2. The molecule has 4 rings (SSSR count). The second-order valence-corrected chi connectivity index (χ2v) is 7.55. The number of halogens is 1. The van der Waals surface area contributed by atoms with Gasteiger partial charge in [-0.3, -0.25) is 0 Å². The highest BCUT2D eigenvalue weighted by molar-refractivity contribution is 6.04. The fourth-order valence-corrected chi connectivity index (χ4v) is 4.86.